The fraction of sp³-hybridized carbons (Fsp3) is 0.421. The van der Waals surface area contributed by atoms with Gasteiger partial charge < -0.3 is 10.3 Å². The Kier molecular flexibility index (Phi) is 6.52. The van der Waals surface area contributed by atoms with E-state index in [1.54, 1.807) is 6.08 Å². The van der Waals surface area contributed by atoms with Gasteiger partial charge in [-0.25, -0.2) is 4.79 Å². The summed E-state index contributed by atoms with van der Waals surface area (Å²) in [6, 6.07) is 1.49. The second kappa shape index (κ2) is 8.62. The molecule has 140 valence electrons. The number of hydrogen-bond donors (Lipinski definition) is 1. The molecule has 0 fully saturated rings. The number of allylic oxidation sites excluding steroid dienone is 2. The molecule has 0 unspecified atom stereocenters. The lowest BCUT2D eigenvalue weighted by atomic mass is 10.2. The third kappa shape index (κ3) is 3.48. The first-order valence-corrected chi connectivity index (χ1v) is 8.83. The first-order chi connectivity index (χ1) is 12.5. The van der Waals surface area contributed by atoms with Gasteiger partial charge in [-0.3, -0.25) is 18.7 Å². The van der Waals surface area contributed by atoms with E-state index in [0.717, 1.165) is 23.1 Å². The van der Waals surface area contributed by atoms with Gasteiger partial charge in [-0.1, -0.05) is 19.1 Å². The summed E-state index contributed by atoms with van der Waals surface area (Å²) in [5.41, 5.74) is 5.32. The summed E-state index contributed by atoms with van der Waals surface area (Å²) in [5.74, 6) is 0. The molecule has 7 heteroatoms. The molecule has 0 aliphatic rings. The summed E-state index contributed by atoms with van der Waals surface area (Å²) >= 11 is 0. The molecule has 2 heterocycles. The van der Waals surface area contributed by atoms with Gasteiger partial charge in [-0.2, -0.15) is 0 Å². The maximum atomic E-state index is 12.9. The zero-order chi connectivity index (χ0) is 19.3. The third-order valence-electron chi connectivity index (χ3n) is 4.37. The maximum Gasteiger partial charge on any atom is 0.333 e. The van der Waals surface area contributed by atoms with Crippen LogP contribution in [0.3, 0.4) is 0 Å². The minimum Gasteiger partial charge on any atom is -0.331 e. The number of aromatic nitrogens is 3. The summed E-state index contributed by atoms with van der Waals surface area (Å²) in [7, 11) is 0. The zero-order valence-electron chi connectivity index (χ0n) is 15.2. The molecule has 0 atom stereocenters. The average Bonchev–Trinajstić information content (AvgIpc) is 2.63. The number of unbranched alkanes of at least 4 members (excludes halogenated alkanes) is 1. The molecule has 0 amide bonds. The second-order valence-corrected chi connectivity index (χ2v) is 6.09. The Hall–Kier alpha value is -2.67. The van der Waals surface area contributed by atoms with Crippen LogP contribution in [0, 0.1) is 0 Å². The SMILES string of the molecule is C=CCn1c(=O)c2c(=O)cc(CC)n(CCCCN)c2n(CC=C)c1=O. The minimum absolute atomic E-state index is 0.0262. The van der Waals surface area contributed by atoms with E-state index in [2.05, 4.69) is 13.2 Å². The Bertz CT molecular complexity index is 995. The van der Waals surface area contributed by atoms with Gasteiger partial charge in [0.2, 0.25) is 0 Å². The lowest BCUT2D eigenvalue weighted by Crippen LogP contribution is -2.43. The molecule has 26 heavy (non-hydrogen) atoms. The third-order valence-corrected chi connectivity index (χ3v) is 4.37. The lowest BCUT2D eigenvalue weighted by molar-refractivity contribution is 0.574. The highest BCUT2D eigenvalue weighted by atomic mass is 16.2. The molecule has 0 radical (unpaired) electrons. The fourth-order valence-corrected chi connectivity index (χ4v) is 3.16. The van der Waals surface area contributed by atoms with Gasteiger partial charge in [0.05, 0.1) is 0 Å². The van der Waals surface area contributed by atoms with Crippen LogP contribution in [0.2, 0.25) is 0 Å². The predicted octanol–water partition coefficient (Wildman–Crippen LogP) is 0.998. The van der Waals surface area contributed by atoms with Gasteiger partial charge in [0.1, 0.15) is 11.0 Å². The van der Waals surface area contributed by atoms with E-state index in [1.165, 1.54) is 16.7 Å². The van der Waals surface area contributed by atoms with Gasteiger partial charge in [0.15, 0.2) is 5.43 Å². The van der Waals surface area contributed by atoms with E-state index >= 15 is 0 Å². The van der Waals surface area contributed by atoms with Gasteiger partial charge in [0.25, 0.3) is 5.56 Å². The largest absolute Gasteiger partial charge is 0.333 e. The van der Waals surface area contributed by atoms with Crippen molar-refractivity contribution < 1.29 is 0 Å². The molecule has 0 aliphatic heterocycles. The molecule has 7 nitrogen and oxygen atoms in total. The first-order valence-electron chi connectivity index (χ1n) is 8.83. The first kappa shape index (κ1) is 19.7. The smallest absolute Gasteiger partial charge is 0.331 e. The molecule has 0 saturated heterocycles. The van der Waals surface area contributed by atoms with Crippen LogP contribution in [-0.4, -0.2) is 20.2 Å². The van der Waals surface area contributed by atoms with E-state index in [-0.39, 0.29) is 23.9 Å². The van der Waals surface area contributed by atoms with Crippen LogP contribution in [0.4, 0.5) is 0 Å². The molecule has 2 aromatic rings. The monoisotopic (exact) mass is 358 g/mol. The van der Waals surface area contributed by atoms with Crippen LogP contribution in [0.25, 0.3) is 11.0 Å². The summed E-state index contributed by atoms with van der Waals surface area (Å²) < 4.78 is 4.38. The van der Waals surface area contributed by atoms with Gasteiger partial charge in [-0.15, -0.1) is 13.2 Å². The highest BCUT2D eigenvalue weighted by Gasteiger charge is 2.19. The van der Waals surface area contributed by atoms with Gasteiger partial charge in [-0.05, 0) is 25.8 Å². The van der Waals surface area contributed by atoms with Crippen molar-refractivity contribution in [1.82, 2.24) is 13.7 Å². The number of nitrogens with zero attached hydrogens (tertiary/aromatic N) is 3. The predicted molar refractivity (Wildman–Crippen MR) is 105 cm³/mol. The van der Waals surface area contributed by atoms with Crippen molar-refractivity contribution >= 4 is 11.0 Å². The molecule has 2 N–H and O–H groups in total. The van der Waals surface area contributed by atoms with Crippen molar-refractivity contribution in [3.63, 3.8) is 0 Å². The fourth-order valence-electron chi connectivity index (χ4n) is 3.16. The van der Waals surface area contributed by atoms with E-state index in [0.29, 0.717) is 25.2 Å². The zero-order valence-corrected chi connectivity index (χ0v) is 15.2. The van der Waals surface area contributed by atoms with Crippen LogP contribution in [0.5, 0.6) is 0 Å². The normalized spacial score (nSPS) is 11.0. The number of hydrogen-bond acceptors (Lipinski definition) is 4. The van der Waals surface area contributed by atoms with Gasteiger partial charge in [0, 0.05) is 31.4 Å². The van der Waals surface area contributed by atoms with Crippen molar-refractivity contribution in [2.45, 2.75) is 45.8 Å². The van der Waals surface area contributed by atoms with Crippen molar-refractivity contribution in [3.05, 3.63) is 68.1 Å². The molecular weight excluding hydrogens is 332 g/mol. The Balaban J connectivity index is 3.01. The Morgan fingerprint density at radius 3 is 2.27 bits per heavy atom. The molecule has 0 spiro atoms. The van der Waals surface area contributed by atoms with Crippen molar-refractivity contribution in [3.8, 4) is 0 Å². The summed E-state index contributed by atoms with van der Waals surface area (Å²) in [6.07, 6.45) is 5.27. The molecule has 0 aliphatic carbocycles. The highest BCUT2D eigenvalue weighted by molar-refractivity contribution is 5.75. The lowest BCUT2D eigenvalue weighted by Gasteiger charge is -2.20. The summed E-state index contributed by atoms with van der Waals surface area (Å²) in [5, 5.41) is 0.0262. The number of aryl methyl sites for hydroxylation is 2. The average molecular weight is 358 g/mol. The second-order valence-electron chi connectivity index (χ2n) is 6.09. The van der Waals surface area contributed by atoms with Crippen LogP contribution in [0.15, 0.2) is 45.8 Å². The number of rotatable bonds is 9. The minimum atomic E-state index is -0.578. The molecule has 0 bridgehead atoms. The van der Waals surface area contributed by atoms with E-state index in [9.17, 15) is 14.4 Å². The topological polar surface area (TPSA) is 92.0 Å². The standard InChI is InChI=1S/C19H26N4O3/c1-4-10-22-17-16(18(25)23(11-5-2)19(22)26)15(24)13-14(6-3)21(17)12-8-7-9-20/h4-5,13H,1-2,6-12,20H2,3H3. The molecule has 2 rings (SSSR count). The number of fused-ring (bicyclic) bond motifs is 1. The number of pyridine rings is 1. The Labute approximate surface area is 151 Å². The Morgan fingerprint density at radius 2 is 1.69 bits per heavy atom. The van der Waals surface area contributed by atoms with Crippen LogP contribution in [0.1, 0.15) is 25.5 Å². The van der Waals surface area contributed by atoms with Crippen molar-refractivity contribution in [2.75, 3.05) is 6.54 Å². The Morgan fingerprint density at radius 1 is 1.04 bits per heavy atom. The number of nitrogens with two attached hydrogens (primary N) is 1. The van der Waals surface area contributed by atoms with E-state index in [4.69, 9.17) is 5.73 Å². The maximum absolute atomic E-state index is 12.9. The van der Waals surface area contributed by atoms with Crippen molar-refractivity contribution in [1.29, 1.82) is 0 Å². The molecular formula is C19H26N4O3. The van der Waals surface area contributed by atoms with Crippen LogP contribution < -0.4 is 22.4 Å². The highest BCUT2D eigenvalue weighted by Crippen LogP contribution is 2.12. The van der Waals surface area contributed by atoms with Crippen LogP contribution in [-0.2, 0) is 26.1 Å². The summed E-state index contributed by atoms with van der Waals surface area (Å²) in [4.78, 5) is 38.4. The summed E-state index contributed by atoms with van der Waals surface area (Å²) in [6.45, 7) is 10.6. The molecule has 0 aromatic carbocycles. The van der Waals surface area contributed by atoms with Crippen molar-refractivity contribution in [2.24, 2.45) is 5.73 Å². The van der Waals surface area contributed by atoms with E-state index < -0.39 is 11.2 Å². The molecule has 0 saturated carbocycles. The van der Waals surface area contributed by atoms with Crippen LogP contribution >= 0.6 is 0 Å². The quantitative estimate of drug-likeness (QED) is 0.535. The van der Waals surface area contributed by atoms with Gasteiger partial charge >= 0.3 is 5.69 Å². The molecule has 2 aromatic heterocycles. The van der Waals surface area contributed by atoms with E-state index in [1.807, 2.05) is 11.5 Å².